The van der Waals surface area contributed by atoms with Gasteiger partial charge in [-0.3, -0.25) is 4.79 Å². The first-order chi connectivity index (χ1) is 21.5. The molecule has 2 aromatic rings. The number of carbonyl (C=O) groups is 2. The van der Waals surface area contributed by atoms with Crippen molar-refractivity contribution in [3.8, 4) is 0 Å². The van der Waals surface area contributed by atoms with Crippen LogP contribution >= 0.6 is 35.0 Å². The Kier molecular flexibility index (Phi) is 8.94. The van der Waals surface area contributed by atoms with Gasteiger partial charge in [-0.2, -0.15) is 0 Å². The monoisotopic (exact) mass is 668 g/mol. The Labute approximate surface area is 281 Å². The third-order valence-electron chi connectivity index (χ3n) is 10.6. The molecule has 2 fully saturated rings. The number of quaternary nitrogens is 1. The lowest BCUT2D eigenvalue weighted by Gasteiger charge is -2.46. The molecule has 0 saturated carbocycles. The van der Waals surface area contributed by atoms with Crippen molar-refractivity contribution < 1.29 is 14.1 Å². The maximum atomic E-state index is 15.5. The van der Waals surface area contributed by atoms with Crippen molar-refractivity contribution in [1.29, 1.82) is 0 Å². The van der Waals surface area contributed by atoms with Crippen LogP contribution < -0.4 is 5.32 Å². The highest BCUT2D eigenvalue weighted by Gasteiger charge is 2.64. The second kappa shape index (κ2) is 12.3. The van der Waals surface area contributed by atoms with Crippen LogP contribution in [-0.2, 0) is 15.1 Å². The molecule has 0 spiro atoms. The minimum Gasteiger partial charge on any atom is -0.354 e. The van der Waals surface area contributed by atoms with Crippen LogP contribution in [0.25, 0.3) is 0 Å². The number of fused-ring (bicyclic) bond motifs is 1. The molecule has 0 aliphatic carbocycles. The molecular formula is C35H44Cl2N5O2S+. The zero-order valence-electron chi connectivity index (χ0n) is 27.0. The summed E-state index contributed by atoms with van der Waals surface area (Å²) in [5, 5.41) is 5.10. The summed E-state index contributed by atoms with van der Waals surface area (Å²) in [7, 11) is 3.82. The third-order valence-corrected chi connectivity index (χ3v) is 12.2. The molecular weight excluding hydrogens is 625 g/mol. The molecule has 4 aliphatic heterocycles. The van der Waals surface area contributed by atoms with Gasteiger partial charge < -0.3 is 15.1 Å². The van der Waals surface area contributed by atoms with Gasteiger partial charge in [0.05, 0.1) is 18.6 Å². The average molecular weight is 670 g/mol. The number of carbonyl (C=O) groups excluding carboxylic acids is 2. The molecule has 10 heteroatoms. The van der Waals surface area contributed by atoms with Crippen LogP contribution in [0.5, 0.6) is 0 Å². The van der Waals surface area contributed by atoms with E-state index in [1.807, 2.05) is 36.4 Å². The Balaban J connectivity index is 1.53. The summed E-state index contributed by atoms with van der Waals surface area (Å²) in [5.74, 6) is 0.0943. The van der Waals surface area contributed by atoms with Crippen molar-refractivity contribution >= 4 is 51.9 Å². The van der Waals surface area contributed by atoms with Gasteiger partial charge in [-0.05, 0) is 73.5 Å². The van der Waals surface area contributed by atoms with E-state index in [0.29, 0.717) is 16.5 Å². The summed E-state index contributed by atoms with van der Waals surface area (Å²) in [4.78, 5) is 40.0. The van der Waals surface area contributed by atoms with Gasteiger partial charge in [0.2, 0.25) is 0 Å². The van der Waals surface area contributed by atoms with Gasteiger partial charge in [0.1, 0.15) is 16.5 Å². The number of amidine groups is 1. The molecule has 45 heavy (non-hydrogen) atoms. The number of rotatable bonds is 7. The van der Waals surface area contributed by atoms with E-state index < -0.39 is 11.6 Å². The number of aliphatic imine (C=N–C) groups is 1. The Hall–Kier alpha value is -2.36. The van der Waals surface area contributed by atoms with Crippen molar-refractivity contribution in [2.24, 2.45) is 10.9 Å². The fourth-order valence-electron chi connectivity index (χ4n) is 8.56. The number of allylic oxidation sites excluding steroid dienone is 1. The smallest absolute Gasteiger partial charge is 0.354 e. The lowest BCUT2D eigenvalue weighted by Crippen LogP contribution is -2.69. The minimum atomic E-state index is -0.639. The van der Waals surface area contributed by atoms with Crippen molar-refractivity contribution in [1.82, 2.24) is 15.1 Å². The first-order valence-electron chi connectivity index (χ1n) is 16.1. The van der Waals surface area contributed by atoms with E-state index in [4.69, 9.17) is 28.2 Å². The molecule has 0 radical (unpaired) electrons. The number of amides is 2. The zero-order chi connectivity index (χ0) is 32.3. The number of nitrogens with zero attached hydrogens (tertiary/aromatic N) is 4. The zero-order valence-corrected chi connectivity index (χ0v) is 29.3. The molecule has 7 nitrogen and oxygen atoms in total. The van der Waals surface area contributed by atoms with Gasteiger partial charge in [-0.15, -0.1) is 0 Å². The van der Waals surface area contributed by atoms with Crippen LogP contribution in [0.3, 0.4) is 0 Å². The fourth-order valence-corrected chi connectivity index (χ4v) is 10.2. The number of nitrogens with one attached hydrogen (secondary N) is 1. The summed E-state index contributed by atoms with van der Waals surface area (Å²) in [6.07, 6.45) is 3.32. The van der Waals surface area contributed by atoms with Crippen LogP contribution in [0, 0.1) is 5.92 Å². The van der Waals surface area contributed by atoms with Gasteiger partial charge in [0.25, 0.3) is 5.91 Å². The number of likely N-dealkylation sites (tertiary alicyclic amines) is 2. The summed E-state index contributed by atoms with van der Waals surface area (Å²) in [6.45, 7) is 10.4. The molecule has 6 rings (SSSR count). The molecule has 2 aromatic carbocycles. The van der Waals surface area contributed by atoms with Gasteiger partial charge in [0.15, 0.2) is 11.2 Å². The van der Waals surface area contributed by atoms with E-state index in [0.717, 1.165) is 59.2 Å². The number of thioether (sulfide) groups is 1. The van der Waals surface area contributed by atoms with Crippen molar-refractivity contribution in [3.05, 3.63) is 80.3 Å². The van der Waals surface area contributed by atoms with Crippen LogP contribution in [0.2, 0.25) is 10.0 Å². The second-order valence-corrected chi connectivity index (χ2v) is 15.3. The SMILES string of the molecule is CC[C@@H]1CC[C@@H](C(=O)NC)[N+]1(C(=O)C1=C(C(C)C)N2C(=N[C@@](C)(c3ccc(Cl)cc3)[C@H]2c2ccc(Cl)cc2)S1)[C@H]1CCN(C)C1. The quantitative estimate of drug-likeness (QED) is 0.323. The normalized spacial score (nSPS) is 31.6. The van der Waals surface area contributed by atoms with Crippen molar-refractivity contribution in [2.75, 3.05) is 27.2 Å². The van der Waals surface area contributed by atoms with Gasteiger partial charge in [0, 0.05) is 48.6 Å². The molecule has 0 aromatic heterocycles. The summed E-state index contributed by atoms with van der Waals surface area (Å²) >= 11 is 14.2. The highest BCUT2D eigenvalue weighted by molar-refractivity contribution is 8.18. The van der Waals surface area contributed by atoms with E-state index in [2.05, 4.69) is 62.0 Å². The largest absolute Gasteiger partial charge is 0.355 e. The molecule has 240 valence electrons. The van der Waals surface area contributed by atoms with E-state index in [1.165, 1.54) is 11.8 Å². The number of benzene rings is 2. The summed E-state index contributed by atoms with van der Waals surface area (Å²) < 4.78 is 0.209. The first-order valence-corrected chi connectivity index (χ1v) is 17.7. The van der Waals surface area contributed by atoms with Crippen molar-refractivity contribution in [3.63, 3.8) is 0 Å². The molecule has 2 amide bonds. The van der Waals surface area contributed by atoms with Crippen LogP contribution in [0.1, 0.15) is 70.5 Å². The molecule has 6 atom stereocenters. The molecule has 2 saturated heterocycles. The van der Waals surface area contributed by atoms with E-state index in [1.54, 1.807) is 7.05 Å². The average Bonchev–Trinajstić information content (AvgIpc) is 3.78. The van der Waals surface area contributed by atoms with E-state index in [-0.39, 0.29) is 40.3 Å². The number of likely N-dealkylation sites (N-methyl/N-ethyl adjacent to an activating group) is 2. The summed E-state index contributed by atoms with van der Waals surface area (Å²) in [5.41, 5.74) is 2.47. The molecule has 0 bridgehead atoms. The maximum Gasteiger partial charge on any atom is 0.355 e. The lowest BCUT2D eigenvalue weighted by atomic mass is 9.81. The van der Waals surface area contributed by atoms with Gasteiger partial charge >= 0.3 is 5.91 Å². The Morgan fingerprint density at radius 2 is 1.71 bits per heavy atom. The van der Waals surface area contributed by atoms with Gasteiger partial charge in [-0.1, -0.05) is 68.2 Å². The minimum absolute atomic E-state index is 0.0317. The number of halogens is 2. The Morgan fingerprint density at radius 1 is 1.07 bits per heavy atom. The third kappa shape index (κ3) is 5.16. The highest BCUT2D eigenvalue weighted by Crippen LogP contribution is 2.57. The lowest BCUT2D eigenvalue weighted by molar-refractivity contribution is -0.901. The maximum absolute atomic E-state index is 15.5. The highest BCUT2D eigenvalue weighted by atomic mass is 35.5. The predicted octanol–water partition coefficient (Wildman–Crippen LogP) is 6.97. The predicted molar refractivity (Wildman–Crippen MR) is 184 cm³/mol. The topological polar surface area (TPSA) is 65.0 Å². The fraction of sp³-hybridized carbons (Fsp3) is 0.514. The Morgan fingerprint density at radius 3 is 2.27 bits per heavy atom. The molecule has 1 unspecified atom stereocenters. The Bertz CT molecular complexity index is 1540. The van der Waals surface area contributed by atoms with Crippen molar-refractivity contribution in [2.45, 2.75) is 83.1 Å². The van der Waals surface area contributed by atoms with Crippen LogP contribution in [0.4, 0.5) is 0 Å². The first kappa shape index (κ1) is 32.6. The van der Waals surface area contributed by atoms with E-state index in [9.17, 15) is 4.79 Å². The van der Waals surface area contributed by atoms with Crippen LogP contribution in [0.15, 0.2) is 64.1 Å². The van der Waals surface area contributed by atoms with Crippen LogP contribution in [-0.4, -0.2) is 76.6 Å². The van der Waals surface area contributed by atoms with E-state index >= 15 is 4.79 Å². The van der Waals surface area contributed by atoms with Gasteiger partial charge in [-0.25, -0.2) is 14.3 Å². The number of hydrogen-bond donors (Lipinski definition) is 1. The second-order valence-electron chi connectivity index (χ2n) is 13.5. The number of hydrogen-bond acceptors (Lipinski definition) is 6. The molecule has 4 heterocycles. The standard InChI is InChI=1S/C35H43Cl2N5O2S/c1-7-26-16-17-28(32(43)38-5)42(26,27-18-19-40(6)20-27)33(44)30-29(21(2)3)41-31(22-8-12-24(36)13-9-22)35(4,39-34(41)45-30)23-10-14-25(37)15-11-23/h8-15,21,26-28,31H,7,16-20H2,1-6H3/p+1/t26-,27+,28+,31-,35+,42?/m1/s1. The molecule has 4 aliphatic rings. The molecule has 1 N–H and O–H groups in total. The summed E-state index contributed by atoms with van der Waals surface area (Å²) in [6, 6.07) is 15.4.